The minimum atomic E-state index is 0.0994. The summed E-state index contributed by atoms with van der Waals surface area (Å²) in [6, 6.07) is 0. The van der Waals surface area contributed by atoms with Crippen LogP contribution >= 0.6 is 0 Å². The van der Waals surface area contributed by atoms with Crippen molar-refractivity contribution in [3.05, 3.63) is 0 Å². The molecule has 0 aromatic carbocycles. The fraction of sp³-hybridized carbons (Fsp3) is 0.929. The molecular weight excluding hydrogens is 230 g/mol. The van der Waals surface area contributed by atoms with Gasteiger partial charge in [-0.15, -0.1) is 0 Å². The van der Waals surface area contributed by atoms with Crippen LogP contribution in [0.2, 0.25) is 0 Å². The SMILES string of the molecule is CCCCC(CC)C(=O)N(CCCO)CCCO. The fourth-order valence-electron chi connectivity index (χ4n) is 2.07. The van der Waals surface area contributed by atoms with Crippen molar-refractivity contribution in [3.63, 3.8) is 0 Å². The average molecular weight is 259 g/mol. The lowest BCUT2D eigenvalue weighted by atomic mass is 9.97. The Balaban J connectivity index is 4.37. The predicted octanol–water partition coefficient (Wildman–Crippen LogP) is 1.80. The first-order valence-electron chi connectivity index (χ1n) is 7.21. The molecule has 4 heteroatoms. The molecule has 0 fully saturated rings. The highest BCUT2D eigenvalue weighted by Gasteiger charge is 2.21. The van der Waals surface area contributed by atoms with Crippen molar-refractivity contribution >= 4 is 5.91 Å². The number of rotatable bonds is 11. The third-order valence-electron chi connectivity index (χ3n) is 3.23. The third-order valence-corrected chi connectivity index (χ3v) is 3.23. The zero-order chi connectivity index (χ0) is 13.8. The zero-order valence-electron chi connectivity index (χ0n) is 11.9. The largest absolute Gasteiger partial charge is 0.396 e. The molecule has 1 atom stereocenters. The number of amides is 1. The predicted molar refractivity (Wildman–Crippen MR) is 73.3 cm³/mol. The number of carbonyl (C=O) groups is 1. The molecule has 0 spiro atoms. The quantitative estimate of drug-likeness (QED) is 0.595. The summed E-state index contributed by atoms with van der Waals surface area (Å²) >= 11 is 0. The zero-order valence-corrected chi connectivity index (χ0v) is 11.9. The smallest absolute Gasteiger partial charge is 0.225 e. The number of hydrogen-bond donors (Lipinski definition) is 2. The van der Waals surface area contributed by atoms with Crippen LogP contribution in [0.15, 0.2) is 0 Å². The first-order valence-corrected chi connectivity index (χ1v) is 7.21. The van der Waals surface area contributed by atoms with Crippen LogP contribution in [0.4, 0.5) is 0 Å². The maximum Gasteiger partial charge on any atom is 0.225 e. The minimum Gasteiger partial charge on any atom is -0.396 e. The highest BCUT2D eigenvalue weighted by molar-refractivity contribution is 5.78. The van der Waals surface area contributed by atoms with E-state index < -0.39 is 0 Å². The monoisotopic (exact) mass is 259 g/mol. The standard InChI is InChI=1S/C14H29NO3/c1-3-5-8-13(4-2)14(18)15(9-6-11-16)10-7-12-17/h13,16-17H,3-12H2,1-2H3. The van der Waals surface area contributed by atoms with Crippen molar-refractivity contribution in [2.45, 2.75) is 52.4 Å². The second kappa shape index (κ2) is 11.5. The topological polar surface area (TPSA) is 60.8 Å². The van der Waals surface area contributed by atoms with Crippen molar-refractivity contribution in [1.82, 2.24) is 4.90 Å². The van der Waals surface area contributed by atoms with E-state index in [1.54, 1.807) is 4.90 Å². The number of carbonyl (C=O) groups excluding carboxylic acids is 1. The molecule has 0 aromatic rings. The van der Waals surface area contributed by atoms with Crippen LogP contribution in [-0.4, -0.2) is 47.3 Å². The molecule has 0 aliphatic carbocycles. The number of hydrogen-bond acceptors (Lipinski definition) is 3. The highest BCUT2D eigenvalue weighted by Crippen LogP contribution is 2.16. The molecule has 0 saturated carbocycles. The molecule has 0 saturated heterocycles. The number of nitrogens with zero attached hydrogens (tertiary/aromatic N) is 1. The Labute approximate surface area is 111 Å². The summed E-state index contributed by atoms with van der Waals surface area (Å²) in [5, 5.41) is 17.7. The normalized spacial score (nSPS) is 12.4. The van der Waals surface area contributed by atoms with Crippen LogP contribution in [0.25, 0.3) is 0 Å². The first kappa shape index (κ1) is 17.4. The minimum absolute atomic E-state index is 0.0994. The number of unbranched alkanes of at least 4 members (excludes halogenated alkanes) is 1. The summed E-state index contributed by atoms with van der Waals surface area (Å²) in [5.74, 6) is 0.287. The van der Waals surface area contributed by atoms with Crippen LogP contribution in [0.3, 0.4) is 0 Å². The Morgan fingerprint density at radius 3 is 2.00 bits per heavy atom. The van der Waals surface area contributed by atoms with Crippen molar-refractivity contribution in [2.75, 3.05) is 26.3 Å². The summed E-state index contributed by atoms with van der Waals surface area (Å²) in [4.78, 5) is 14.2. The molecule has 108 valence electrons. The van der Waals surface area contributed by atoms with Gasteiger partial charge < -0.3 is 15.1 Å². The molecule has 4 nitrogen and oxygen atoms in total. The van der Waals surface area contributed by atoms with Gasteiger partial charge >= 0.3 is 0 Å². The molecule has 0 heterocycles. The van der Waals surface area contributed by atoms with E-state index in [4.69, 9.17) is 10.2 Å². The van der Waals surface area contributed by atoms with Gasteiger partial charge in [0.15, 0.2) is 0 Å². The molecule has 0 radical (unpaired) electrons. The molecule has 0 rings (SSSR count). The van der Waals surface area contributed by atoms with Crippen molar-refractivity contribution in [1.29, 1.82) is 0 Å². The summed E-state index contributed by atoms with van der Waals surface area (Å²) in [7, 11) is 0. The van der Waals surface area contributed by atoms with Gasteiger partial charge in [-0.05, 0) is 25.7 Å². The maximum absolute atomic E-state index is 12.4. The van der Waals surface area contributed by atoms with E-state index in [9.17, 15) is 4.79 Å². The van der Waals surface area contributed by atoms with Gasteiger partial charge in [-0.25, -0.2) is 0 Å². The Hall–Kier alpha value is -0.610. The van der Waals surface area contributed by atoms with Gasteiger partial charge in [0.05, 0.1) is 0 Å². The lowest BCUT2D eigenvalue weighted by Crippen LogP contribution is -2.38. The van der Waals surface area contributed by atoms with Gasteiger partial charge in [0.1, 0.15) is 0 Å². The van der Waals surface area contributed by atoms with Crippen LogP contribution in [0.1, 0.15) is 52.4 Å². The Bertz CT molecular complexity index is 201. The molecular formula is C14H29NO3. The van der Waals surface area contributed by atoms with Gasteiger partial charge in [-0.2, -0.15) is 0 Å². The highest BCUT2D eigenvalue weighted by atomic mass is 16.3. The van der Waals surface area contributed by atoms with Gasteiger partial charge in [0.25, 0.3) is 0 Å². The van der Waals surface area contributed by atoms with E-state index >= 15 is 0 Å². The number of aliphatic hydroxyl groups is 2. The molecule has 2 N–H and O–H groups in total. The van der Waals surface area contributed by atoms with E-state index in [-0.39, 0.29) is 25.0 Å². The van der Waals surface area contributed by atoms with Crippen LogP contribution in [0.5, 0.6) is 0 Å². The van der Waals surface area contributed by atoms with Crippen LogP contribution in [0, 0.1) is 5.92 Å². The number of aliphatic hydroxyl groups excluding tert-OH is 2. The molecule has 1 unspecified atom stereocenters. The molecule has 0 aromatic heterocycles. The Morgan fingerprint density at radius 2 is 1.61 bits per heavy atom. The van der Waals surface area contributed by atoms with E-state index in [0.717, 1.165) is 25.7 Å². The van der Waals surface area contributed by atoms with Crippen LogP contribution < -0.4 is 0 Å². The Kier molecular flexibility index (Phi) is 11.1. The molecule has 0 aliphatic heterocycles. The van der Waals surface area contributed by atoms with Gasteiger partial charge in [0, 0.05) is 32.2 Å². The average Bonchev–Trinajstić information content (AvgIpc) is 2.39. The Morgan fingerprint density at radius 1 is 1.06 bits per heavy atom. The molecule has 1 amide bonds. The van der Waals surface area contributed by atoms with Crippen molar-refractivity contribution in [3.8, 4) is 0 Å². The van der Waals surface area contributed by atoms with Crippen molar-refractivity contribution in [2.24, 2.45) is 5.92 Å². The van der Waals surface area contributed by atoms with E-state index in [2.05, 4.69) is 13.8 Å². The van der Waals surface area contributed by atoms with E-state index in [1.165, 1.54) is 0 Å². The van der Waals surface area contributed by atoms with Gasteiger partial charge in [-0.3, -0.25) is 4.79 Å². The van der Waals surface area contributed by atoms with Gasteiger partial charge in [-0.1, -0.05) is 26.7 Å². The summed E-state index contributed by atoms with van der Waals surface area (Å²) in [6.07, 6.45) is 5.23. The molecule has 18 heavy (non-hydrogen) atoms. The van der Waals surface area contributed by atoms with Crippen molar-refractivity contribution < 1.29 is 15.0 Å². The lowest BCUT2D eigenvalue weighted by Gasteiger charge is -2.26. The fourth-order valence-corrected chi connectivity index (χ4v) is 2.07. The second-order valence-corrected chi connectivity index (χ2v) is 4.73. The van der Waals surface area contributed by atoms with E-state index in [1.807, 2.05) is 0 Å². The second-order valence-electron chi connectivity index (χ2n) is 4.73. The van der Waals surface area contributed by atoms with Gasteiger partial charge in [0.2, 0.25) is 5.91 Å². The molecule has 0 aliphatic rings. The third kappa shape index (κ3) is 6.97. The molecule has 0 bridgehead atoms. The maximum atomic E-state index is 12.4. The van der Waals surface area contributed by atoms with Crippen LogP contribution in [-0.2, 0) is 4.79 Å². The summed E-state index contributed by atoms with van der Waals surface area (Å²) in [6.45, 7) is 5.58. The summed E-state index contributed by atoms with van der Waals surface area (Å²) < 4.78 is 0. The first-order chi connectivity index (χ1) is 8.71. The van der Waals surface area contributed by atoms with E-state index in [0.29, 0.717) is 25.9 Å². The summed E-state index contributed by atoms with van der Waals surface area (Å²) in [5.41, 5.74) is 0. The lowest BCUT2D eigenvalue weighted by molar-refractivity contribution is -0.136.